The minimum Gasteiger partial charge on any atom is -0.388 e. The zero-order chi connectivity index (χ0) is 8.97. The van der Waals surface area contributed by atoms with Crippen LogP contribution in [-0.4, -0.2) is 15.8 Å². The molecule has 1 atom stereocenters. The van der Waals surface area contributed by atoms with E-state index >= 15 is 0 Å². The number of hydrogen-bond donors (Lipinski definition) is 2. The van der Waals surface area contributed by atoms with Gasteiger partial charge in [0.15, 0.2) is 0 Å². The first-order valence-corrected chi connectivity index (χ1v) is 4.03. The van der Waals surface area contributed by atoms with Crippen molar-refractivity contribution in [3.05, 3.63) is 18.2 Å². The van der Waals surface area contributed by atoms with Crippen LogP contribution in [0.5, 0.6) is 0 Å². The summed E-state index contributed by atoms with van der Waals surface area (Å²) in [7, 11) is 0. The van der Waals surface area contributed by atoms with Crippen molar-refractivity contribution in [1.29, 1.82) is 0 Å². The maximum Gasteiger partial charge on any atom is 0.130 e. The smallest absolute Gasteiger partial charge is 0.130 e. The van der Waals surface area contributed by atoms with Crippen LogP contribution in [0, 0.1) is 0 Å². The second-order valence-electron chi connectivity index (χ2n) is 2.67. The fourth-order valence-corrected chi connectivity index (χ4v) is 1.05. The molecule has 1 rings (SSSR count). The molecule has 0 aliphatic rings. The number of hydrogen-bond acceptors (Lipinski definition) is 2. The monoisotopic (exact) mass is 166 g/mol. The molecule has 0 saturated carbocycles. The summed E-state index contributed by atoms with van der Waals surface area (Å²) in [6.45, 7) is 3.84. The molecule has 1 aromatic heterocycles. The molecule has 0 aliphatic carbocycles. The number of nitrogens with zero attached hydrogens (tertiary/aromatic N) is 2. The third-order valence-electron chi connectivity index (χ3n) is 1.58. The number of aromatic amines is 1. The van der Waals surface area contributed by atoms with E-state index in [-0.39, 0.29) is 6.04 Å². The first-order chi connectivity index (χ1) is 5.74. The lowest BCUT2D eigenvalue weighted by Gasteiger charge is -2.06. The van der Waals surface area contributed by atoms with E-state index in [4.69, 9.17) is 5.73 Å². The third kappa shape index (κ3) is 2.08. The molecule has 1 unspecified atom stereocenters. The number of amidine groups is 1. The topological polar surface area (TPSA) is 67.1 Å². The van der Waals surface area contributed by atoms with Gasteiger partial charge in [0.25, 0.3) is 0 Å². The van der Waals surface area contributed by atoms with Crippen LogP contribution in [0.3, 0.4) is 0 Å². The van der Waals surface area contributed by atoms with Gasteiger partial charge >= 0.3 is 0 Å². The number of aromatic nitrogens is 2. The highest BCUT2D eigenvalue weighted by molar-refractivity contribution is 5.77. The first-order valence-electron chi connectivity index (χ1n) is 4.03. The molecular weight excluding hydrogens is 152 g/mol. The SMILES string of the molecule is CCC(N=C(C)N)c1ncc[nH]1. The summed E-state index contributed by atoms with van der Waals surface area (Å²) in [6, 6.07) is 0.0741. The molecule has 4 heteroatoms. The summed E-state index contributed by atoms with van der Waals surface area (Å²) in [4.78, 5) is 11.4. The Hall–Kier alpha value is -1.32. The van der Waals surface area contributed by atoms with Gasteiger partial charge in [-0.3, -0.25) is 4.99 Å². The highest BCUT2D eigenvalue weighted by Gasteiger charge is 2.08. The van der Waals surface area contributed by atoms with Gasteiger partial charge < -0.3 is 10.7 Å². The zero-order valence-electron chi connectivity index (χ0n) is 7.41. The average Bonchev–Trinajstić information content (AvgIpc) is 2.51. The highest BCUT2D eigenvalue weighted by atomic mass is 15.0. The van der Waals surface area contributed by atoms with Crippen molar-refractivity contribution < 1.29 is 0 Å². The molecule has 0 saturated heterocycles. The van der Waals surface area contributed by atoms with Gasteiger partial charge in [-0.05, 0) is 13.3 Å². The zero-order valence-corrected chi connectivity index (χ0v) is 7.41. The normalized spacial score (nSPS) is 14.7. The number of H-pyrrole nitrogens is 1. The molecule has 0 aromatic carbocycles. The summed E-state index contributed by atoms with van der Waals surface area (Å²) >= 11 is 0. The summed E-state index contributed by atoms with van der Waals surface area (Å²) in [5.74, 6) is 1.47. The second-order valence-corrected chi connectivity index (χ2v) is 2.67. The maximum absolute atomic E-state index is 5.48. The van der Waals surface area contributed by atoms with E-state index in [1.807, 2.05) is 0 Å². The maximum atomic E-state index is 5.48. The van der Waals surface area contributed by atoms with Crippen molar-refractivity contribution in [3.8, 4) is 0 Å². The van der Waals surface area contributed by atoms with Crippen molar-refractivity contribution >= 4 is 5.84 Å². The molecule has 0 radical (unpaired) electrons. The van der Waals surface area contributed by atoms with Crippen LogP contribution in [0.25, 0.3) is 0 Å². The van der Waals surface area contributed by atoms with Gasteiger partial charge in [-0.1, -0.05) is 6.92 Å². The van der Waals surface area contributed by atoms with Crippen LogP contribution in [0.4, 0.5) is 0 Å². The Kier molecular flexibility index (Phi) is 2.85. The third-order valence-corrected chi connectivity index (χ3v) is 1.58. The number of imidazole rings is 1. The highest BCUT2D eigenvalue weighted by Crippen LogP contribution is 2.15. The van der Waals surface area contributed by atoms with Crippen LogP contribution in [0.2, 0.25) is 0 Å². The first kappa shape index (κ1) is 8.77. The van der Waals surface area contributed by atoms with E-state index in [2.05, 4.69) is 21.9 Å². The van der Waals surface area contributed by atoms with E-state index in [1.165, 1.54) is 0 Å². The van der Waals surface area contributed by atoms with Crippen LogP contribution in [-0.2, 0) is 0 Å². The van der Waals surface area contributed by atoms with Gasteiger partial charge in [0, 0.05) is 12.4 Å². The minimum atomic E-state index is 0.0741. The lowest BCUT2D eigenvalue weighted by molar-refractivity contribution is 0.659. The molecule has 12 heavy (non-hydrogen) atoms. The lowest BCUT2D eigenvalue weighted by Crippen LogP contribution is -2.09. The largest absolute Gasteiger partial charge is 0.388 e. The Morgan fingerprint density at radius 3 is 3.00 bits per heavy atom. The Morgan fingerprint density at radius 1 is 1.83 bits per heavy atom. The number of rotatable bonds is 3. The average molecular weight is 166 g/mol. The van der Waals surface area contributed by atoms with Crippen molar-refractivity contribution in [1.82, 2.24) is 9.97 Å². The Labute approximate surface area is 71.9 Å². The van der Waals surface area contributed by atoms with Crippen LogP contribution in [0.1, 0.15) is 32.1 Å². The summed E-state index contributed by atoms with van der Waals surface area (Å²) in [5, 5.41) is 0. The van der Waals surface area contributed by atoms with E-state index < -0.39 is 0 Å². The summed E-state index contributed by atoms with van der Waals surface area (Å²) in [5.41, 5.74) is 5.48. The summed E-state index contributed by atoms with van der Waals surface area (Å²) < 4.78 is 0. The molecule has 4 nitrogen and oxygen atoms in total. The molecule has 0 amide bonds. The number of nitrogens with two attached hydrogens (primary N) is 1. The molecule has 0 fully saturated rings. The quantitative estimate of drug-likeness (QED) is 0.524. The molecule has 1 aromatic rings. The van der Waals surface area contributed by atoms with Gasteiger partial charge in [0.05, 0.1) is 5.84 Å². The van der Waals surface area contributed by atoms with Crippen LogP contribution in [0.15, 0.2) is 17.4 Å². The van der Waals surface area contributed by atoms with E-state index in [0.29, 0.717) is 5.84 Å². The number of nitrogens with one attached hydrogen (secondary N) is 1. The Morgan fingerprint density at radius 2 is 2.58 bits per heavy atom. The van der Waals surface area contributed by atoms with E-state index in [1.54, 1.807) is 19.3 Å². The molecule has 0 spiro atoms. The second kappa shape index (κ2) is 3.90. The standard InChI is InChI=1S/C8H14N4/c1-3-7(12-6(2)9)8-10-4-5-11-8/h4-5,7H,3H2,1-2H3,(H2,9,12)(H,10,11). The van der Waals surface area contributed by atoms with Gasteiger partial charge in [-0.25, -0.2) is 4.98 Å². The van der Waals surface area contributed by atoms with Crippen molar-refractivity contribution in [2.75, 3.05) is 0 Å². The van der Waals surface area contributed by atoms with Gasteiger partial charge in [-0.2, -0.15) is 0 Å². The number of aliphatic imine (C=N–C) groups is 1. The predicted octanol–water partition coefficient (Wildman–Crippen LogP) is 1.24. The molecule has 66 valence electrons. The van der Waals surface area contributed by atoms with Crippen molar-refractivity contribution in [3.63, 3.8) is 0 Å². The van der Waals surface area contributed by atoms with E-state index in [9.17, 15) is 0 Å². The van der Waals surface area contributed by atoms with Gasteiger partial charge in [-0.15, -0.1) is 0 Å². The Balaban J connectivity index is 2.77. The fraction of sp³-hybridized carbons (Fsp3) is 0.500. The molecular formula is C8H14N4. The van der Waals surface area contributed by atoms with E-state index in [0.717, 1.165) is 12.2 Å². The minimum absolute atomic E-state index is 0.0741. The van der Waals surface area contributed by atoms with Gasteiger partial charge in [0.2, 0.25) is 0 Å². The molecule has 0 bridgehead atoms. The molecule has 0 aliphatic heterocycles. The summed E-state index contributed by atoms with van der Waals surface area (Å²) in [6.07, 6.45) is 4.42. The van der Waals surface area contributed by atoms with Crippen LogP contribution < -0.4 is 5.73 Å². The van der Waals surface area contributed by atoms with Gasteiger partial charge in [0.1, 0.15) is 11.9 Å². The van der Waals surface area contributed by atoms with Crippen LogP contribution >= 0.6 is 0 Å². The molecule has 3 N–H and O–H groups in total. The lowest BCUT2D eigenvalue weighted by atomic mass is 10.2. The Bertz CT molecular complexity index is 246. The predicted molar refractivity (Wildman–Crippen MR) is 48.9 cm³/mol. The molecule has 1 heterocycles. The van der Waals surface area contributed by atoms with Crippen molar-refractivity contribution in [2.24, 2.45) is 10.7 Å². The fourth-order valence-electron chi connectivity index (χ4n) is 1.05. The van der Waals surface area contributed by atoms with Crippen molar-refractivity contribution in [2.45, 2.75) is 26.3 Å².